The predicted molar refractivity (Wildman–Crippen MR) is 138 cm³/mol. The van der Waals surface area contributed by atoms with Gasteiger partial charge in [0.2, 0.25) is 0 Å². The minimum atomic E-state index is 0.198. The van der Waals surface area contributed by atoms with Crippen LogP contribution in [0.4, 0.5) is 0 Å². The van der Waals surface area contributed by atoms with Gasteiger partial charge in [-0.25, -0.2) is 0 Å². The molecule has 2 fully saturated rings. The van der Waals surface area contributed by atoms with Gasteiger partial charge in [0.25, 0.3) is 0 Å². The number of hydrogen-bond donors (Lipinski definition) is 0. The Bertz CT molecular complexity index is 912. The van der Waals surface area contributed by atoms with Crippen molar-refractivity contribution in [3.8, 4) is 22.6 Å². The third kappa shape index (κ3) is 6.07. The molecule has 0 radical (unpaired) electrons. The lowest BCUT2D eigenvalue weighted by Crippen LogP contribution is -2.09. The molecule has 0 N–H and O–H groups in total. The molecule has 0 bridgehead atoms. The van der Waals surface area contributed by atoms with E-state index in [1.54, 1.807) is 0 Å². The van der Waals surface area contributed by atoms with E-state index in [4.69, 9.17) is 18.9 Å². The van der Waals surface area contributed by atoms with Crippen molar-refractivity contribution in [2.75, 3.05) is 26.4 Å². The average molecular weight is 459 g/mol. The van der Waals surface area contributed by atoms with Crippen LogP contribution in [0.25, 0.3) is 11.1 Å². The summed E-state index contributed by atoms with van der Waals surface area (Å²) in [7, 11) is 0. The summed E-state index contributed by atoms with van der Waals surface area (Å²) in [5.74, 6) is 1.84. The summed E-state index contributed by atoms with van der Waals surface area (Å²) < 4.78 is 23.1. The van der Waals surface area contributed by atoms with Crippen molar-refractivity contribution in [2.45, 2.75) is 37.9 Å². The van der Waals surface area contributed by atoms with E-state index < -0.39 is 0 Å². The first-order valence-corrected chi connectivity index (χ1v) is 11.9. The molecule has 2 aliphatic heterocycles. The summed E-state index contributed by atoms with van der Waals surface area (Å²) in [5, 5.41) is 0. The third-order valence-corrected chi connectivity index (χ3v) is 5.91. The summed E-state index contributed by atoms with van der Waals surface area (Å²) in [6.07, 6.45) is 11.0. The molecule has 2 atom stereocenters. The smallest absolute Gasteiger partial charge is 0.126 e. The zero-order valence-corrected chi connectivity index (χ0v) is 19.9. The van der Waals surface area contributed by atoms with Crippen LogP contribution in [-0.2, 0) is 35.2 Å². The van der Waals surface area contributed by atoms with Gasteiger partial charge in [-0.2, -0.15) is 0 Å². The van der Waals surface area contributed by atoms with Crippen LogP contribution in [-0.4, -0.2) is 38.6 Å². The zero-order valence-electron chi connectivity index (χ0n) is 19.9. The number of hydrogen-bond acceptors (Lipinski definition) is 4. The van der Waals surface area contributed by atoms with Crippen LogP contribution in [0, 0.1) is 0 Å². The third-order valence-electron chi connectivity index (χ3n) is 5.91. The number of rotatable bonds is 15. The fourth-order valence-corrected chi connectivity index (χ4v) is 4.12. The van der Waals surface area contributed by atoms with Gasteiger partial charge in [0, 0.05) is 0 Å². The number of benzene rings is 2. The van der Waals surface area contributed by atoms with Crippen molar-refractivity contribution >= 4 is 0 Å². The Morgan fingerprint density at radius 1 is 0.618 bits per heavy atom. The molecule has 2 aromatic carbocycles. The lowest BCUT2D eigenvalue weighted by atomic mass is 9.92. The molecule has 2 unspecified atom stereocenters. The summed E-state index contributed by atoms with van der Waals surface area (Å²) in [6.45, 7) is 18.5. The minimum Gasteiger partial charge on any atom is -0.490 e. The molecule has 2 aliphatic rings. The number of ether oxygens (including phenoxy) is 4. The van der Waals surface area contributed by atoms with Gasteiger partial charge in [0.1, 0.15) is 36.9 Å². The second-order valence-corrected chi connectivity index (χ2v) is 8.75. The number of allylic oxidation sites excluding steroid dienone is 4. The van der Waals surface area contributed by atoms with Crippen molar-refractivity contribution in [1.82, 2.24) is 0 Å². The van der Waals surface area contributed by atoms with Gasteiger partial charge < -0.3 is 18.9 Å². The Kier molecular flexibility index (Phi) is 8.04. The Hall–Kier alpha value is -3.08. The molecular formula is C30H34O4. The van der Waals surface area contributed by atoms with E-state index in [1.807, 2.05) is 24.3 Å². The Morgan fingerprint density at radius 2 is 0.912 bits per heavy atom. The van der Waals surface area contributed by atoms with Crippen LogP contribution in [0.1, 0.15) is 22.3 Å². The molecule has 4 rings (SSSR count). The van der Waals surface area contributed by atoms with Gasteiger partial charge >= 0.3 is 0 Å². The molecule has 0 aliphatic carbocycles. The molecule has 0 amide bonds. The molecule has 0 aromatic heterocycles. The molecule has 0 spiro atoms. The SMILES string of the molecule is C=CCc1cc(-c2cc(CC=C)c(OCC3CO3)c(CC=C)c2)cc(CC=C)c1OCC1CO1. The molecule has 2 saturated heterocycles. The van der Waals surface area contributed by atoms with E-state index in [2.05, 4.69) is 50.6 Å². The maximum atomic E-state index is 6.21. The molecule has 0 saturated carbocycles. The summed E-state index contributed by atoms with van der Waals surface area (Å²) in [6, 6.07) is 8.84. The average Bonchev–Trinajstić information content (AvgIpc) is 3.74. The molecular weight excluding hydrogens is 424 g/mol. The van der Waals surface area contributed by atoms with Crippen LogP contribution in [0.5, 0.6) is 11.5 Å². The van der Waals surface area contributed by atoms with Crippen LogP contribution >= 0.6 is 0 Å². The van der Waals surface area contributed by atoms with Crippen LogP contribution in [0.15, 0.2) is 74.9 Å². The summed E-state index contributed by atoms with van der Waals surface area (Å²) in [4.78, 5) is 0. The van der Waals surface area contributed by atoms with Gasteiger partial charge in [-0.15, -0.1) is 26.3 Å². The van der Waals surface area contributed by atoms with Crippen molar-refractivity contribution in [3.05, 3.63) is 97.1 Å². The molecule has 2 aromatic rings. The van der Waals surface area contributed by atoms with Gasteiger partial charge in [-0.05, 0) is 83.3 Å². The lowest BCUT2D eigenvalue weighted by Gasteiger charge is -2.19. The molecule has 34 heavy (non-hydrogen) atoms. The van der Waals surface area contributed by atoms with Crippen molar-refractivity contribution in [3.63, 3.8) is 0 Å². The van der Waals surface area contributed by atoms with Crippen LogP contribution in [0.3, 0.4) is 0 Å². The first-order chi connectivity index (χ1) is 16.7. The predicted octanol–water partition coefficient (Wildman–Crippen LogP) is 5.82. The van der Waals surface area contributed by atoms with E-state index in [-0.39, 0.29) is 12.2 Å². The van der Waals surface area contributed by atoms with Gasteiger partial charge in [0.15, 0.2) is 0 Å². The van der Waals surface area contributed by atoms with Crippen molar-refractivity contribution in [2.24, 2.45) is 0 Å². The maximum absolute atomic E-state index is 6.21. The summed E-state index contributed by atoms with van der Waals surface area (Å²) >= 11 is 0. The van der Waals surface area contributed by atoms with Crippen LogP contribution < -0.4 is 9.47 Å². The normalized spacial score (nSPS) is 18.1. The highest BCUT2D eigenvalue weighted by Gasteiger charge is 2.26. The summed E-state index contributed by atoms with van der Waals surface area (Å²) in [5.41, 5.74) is 6.74. The molecule has 4 nitrogen and oxygen atoms in total. The highest BCUT2D eigenvalue weighted by molar-refractivity contribution is 5.71. The van der Waals surface area contributed by atoms with Gasteiger partial charge in [-0.3, -0.25) is 0 Å². The molecule has 2 heterocycles. The monoisotopic (exact) mass is 458 g/mol. The van der Waals surface area contributed by atoms with Crippen molar-refractivity contribution in [1.29, 1.82) is 0 Å². The highest BCUT2D eigenvalue weighted by atomic mass is 16.6. The highest BCUT2D eigenvalue weighted by Crippen LogP contribution is 2.37. The zero-order chi connectivity index (χ0) is 23.9. The topological polar surface area (TPSA) is 43.5 Å². The maximum Gasteiger partial charge on any atom is 0.126 e. The second kappa shape index (κ2) is 11.4. The molecule has 178 valence electrons. The largest absolute Gasteiger partial charge is 0.490 e. The fourth-order valence-electron chi connectivity index (χ4n) is 4.12. The molecule has 4 heteroatoms. The Balaban J connectivity index is 1.77. The van der Waals surface area contributed by atoms with E-state index in [0.717, 1.165) is 83.8 Å². The fraction of sp³-hybridized carbons (Fsp3) is 0.333. The number of epoxide rings is 2. The van der Waals surface area contributed by atoms with Gasteiger partial charge in [-0.1, -0.05) is 24.3 Å². The second-order valence-electron chi connectivity index (χ2n) is 8.75. The van der Waals surface area contributed by atoms with E-state index in [9.17, 15) is 0 Å². The van der Waals surface area contributed by atoms with Crippen LogP contribution in [0.2, 0.25) is 0 Å². The van der Waals surface area contributed by atoms with Gasteiger partial charge in [0.05, 0.1) is 13.2 Å². The standard InChI is InChI=1S/C30H34O4/c1-5-9-21-13-25(14-22(10-6-2)29(21)33-19-27-17-31-27)26-15-23(11-7-3)30(24(16-26)12-8-4)34-20-28-18-32-28/h5-8,13-16,27-28H,1-4,9-12,17-20H2. The van der Waals surface area contributed by atoms with E-state index >= 15 is 0 Å². The first-order valence-electron chi connectivity index (χ1n) is 11.9. The van der Waals surface area contributed by atoms with E-state index in [0.29, 0.717) is 13.2 Å². The Labute approximate surface area is 203 Å². The first kappa shape index (κ1) is 24.1. The quantitative estimate of drug-likeness (QED) is 0.249. The lowest BCUT2D eigenvalue weighted by molar-refractivity contribution is 0.259. The van der Waals surface area contributed by atoms with Crippen molar-refractivity contribution < 1.29 is 18.9 Å². The van der Waals surface area contributed by atoms with E-state index in [1.165, 1.54) is 0 Å². The minimum absolute atomic E-state index is 0.198. The Morgan fingerprint density at radius 3 is 1.15 bits per heavy atom.